The molecule has 120 valence electrons. The van der Waals surface area contributed by atoms with Crippen molar-refractivity contribution in [3.63, 3.8) is 0 Å². The second kappa shape index (κ2) is 6.16. The van der Waals surface area contributed by atoms with Gasteiger partial charge < -0.3 is 19.7 Å². The molecule has 6 nitrogen and oxygen atoms in total. The Hall–Kier alpha value is -2.76. The van der Waals surface area contributed by atoms with E-state index in [0.29, 0.717) is 17.2 Å². The lowest BCUT2D eigenvalue weighted by Gasteiger charge is -2.31. The van der Waals surface area contributed by atoms with Crippen LogP contribution in [0.15, 0.2) is 42.6 Å². The minimum absolute atomic E-state index is 0.258. The highest BCUT2D eigenvalue weighted by atomic mass is 16.6. The Balaban J connectivity index is 1.71. The molecule has 2 aromatic rings. The summed E-state index contributed by atoms with van der Waals surface area (Å²) in [6.07, 6.45) is 0.535. The molecule has 1 aromatic heterocycles. The van der Waals surface area contributed by atoms with E-state index in [-0.39, 0.29) is 12.0 Å². The summed E-state index contributed by atoms with van der Waals surface area (Å²) in [5.41, 5.74) is 0.621. The van der Waals surface area contributed by atoms with Gasteiger partial charge in [0.05, 0.1) is 11.9 Å². The third-order valence-corrected chi connectivity index (χ3v) is 3.57. The Labute approximate surface area is 135 Å². The van der Waals surface area contributed by atoms with Crippen LogP contribution in [-0.2, 0) is 4.79 Å². The molecular weight excluding hydrogens is 294 g/mol. The lowest BCUT2D eigenvalue weighted by atomic mass is 10.1. The fourth-order valence-electron chi connectivity index (χ4n) is 2.34. The van der Waals surface area contributed by atoms with Crippen LogP contribution in [0.25, 0.3) is 0 Å². The lowest BCUT2D eigenvalue weighted by Crippen LogP contribution is -2.46. The zero-order valence-electron chi connectivity index (χ0n) is 13.3. The molecule has 0 bridgehead atoms. The summed E-state index contributed by atoms with van der Waals surface area (Å²) in [5, 5.41) is 2.81. The van der Waals surface area contributed by atoms with Gasteiger partial charge in [0.1, 0.15) is 11.9 Å². The zero-order chi connectivity index (χ0) is 16.4. The zero-order valence-corrected chi connectivity index (χ0v) is 13.3. The Morgan fingerprint density at radius 1 is 1.13 bits per heavy atom. The molecule has 23 heavy (non-hydrogen) atoms. The van der Waals surface area contributed by atoms with Crippen LogP contribution in [0.4, 0.5) is 11.5 Å². The number of carbonyl (C=O) groups is 1. The molecule has 1 aliphatic heterocycles. The minimum Gasteiger partial charge on any atom is -0.482 e. The number of nitrogens with one attached hydrogen (secondary N) is 1. The van der Waals surface area contributed by atoms with E-state index >= 15 is 0 Å². The first-order valence-corrected chi connectivity index (χ1v) is 7.41. The lowest BCUT2D eigenvalue weighted by molar-refractivity contribution is -0.128. The minimum atomic E-state index is -0.710. The molecule has 1 aliphatic rings. The van der Waals surface area contributed by atoms with E-state index in [1.165, 1.54) is 0 Å². The van der Waals surface area contributed by atoms with Crippen molar-refractivity contribution in [3.8, 4) is 11.5 Å². The Kier molecular flexibility index (Phi) is 4.06. The van der Waals surface area contributed by atoms with Crippen LogP contribution < -0.4 is 19.7 Å². The van der Waals surface area contributed by atoms with Gasteiger partial charge in [-0.05, 0) is 31.2 Å². The van der Waals surface area contributed by atoms with Crippen molar-refractivity contribution in [1.29, 1.82) is 0 Å². The van der Waals surface area contributed by atoms with E-state index in [9.17, 15) is 4.79 Å². The topological polar surface area (TPSA) is 63.7 Å². The van der Waals surface area contributed by atoms with Crippen molar-refractivity contribution >= 4 is 17.4 Å². The molecule has 0 unspecified atom stereocenters. The van der Waals surface area contributed by atoms with Crippen LogP contribution in [0.1, 0.15) is 6.92 Å². The average molecular weight is 313 g/mol. The molecule has 0 aliphatic carbocycles. The highest BCUT2D eigenvalue weighted by Crippen LogP contribution is 2.33. The number of fused-ring (bicyclic) bond motifs is 1. The van der Waals surface area contributed by atoms with Crippen molar-refractivity contribution in [2.24, 2.45) is 0 Å². The SMILES string of the molecule is C[C@@H]1Oc2ccccc2O[C@H]1C(=O)Nc1ccc(N(C)C)nc1. The van der Waals surface area contributed by atoms with Gasteiger partial charge in [-0.2, -0.15) is 0 Å². The summed E-state index contributed by atoms with van der Waals surface area (Å²) in [6.45, 7) is 1.81. The quantitative estimate of drug-likeness (QED) is 0.942. The van der Waals surface area contributed by atoms with Gasteiger partial charge >= 0.3 is 0 Å². The summed E-state index contributed by atoms with van der Waals surface area (Å²) in [4.78, 5) is 18.6. The third-order valence-electron chi connectivity index (χ3n) is 3.57. The molecule has 0 radical (unpaired) electrons. The highest BCUT2D eigenvalue weighted by Gasteiger charge is 2.34. The van der Waals surface area contributed by atoms with E-state index < -0.39 is 6.10 Å². The maximum absolute atomic E-state index is 12.5. The van der Waals surface area contributed by atoms with Gasteiger partial charge in [-0.3, -0.25) is 4.79 Å². The maximum Gasteiger partial charge on any atom is 0.269 e. The second-order valence-corrected chi connectivity index (χ2v) is 5.60. The summed E-state index contributed by atoms with van der Waals surface area (Å²) >= 11 is 0. The normalized spacial score (nSPS) is 19.1. The molecule has 0 saturated carbocycles. The summed E-state index contributed by atoms with van der Waals surface area (Å²) < 4.78 is 11.5. The van der Waals surface area contributed by atoms with Crippen molar-refractivity contribution in [1.82, 2.24) is 4.98 Å². The molecular formula is C17H19N3O3. The number of amides is 1. The van der Waals surface area contributed by atoms with Crippen LogP contribution >= 0.6 is 0 Å². The van der Waals surface area contributed by atoms with Gasteiger partial charge in [-0.25, -0.2) is 4.98 Å². The van der Waals surface area contributed by atoms with Crippen LogP contribution in [-0.4, -0.2) is 37.2 Å². The largest absolute Gasteiger partial charge is 0.482 e. The Morgan fingerprint density at radius 3 is 2.43 bits per heavy atom. The fraction of sp³-hybridized carbons (Fsp3) is 0.294. The molecule has 1 aromatic carbocycles. The van der Waals surface area contributed by atoms with Gasteiger partial charge in [0.2, 0.25) is 6.10 Å². The number of hydrogen-bond donors (Lipinski definition) is 1. The number of nitrogens with zero attached hydrogens (tertiary/aromatic N) is 2. The first kappa shape index (κ1) is 15.1. The molecule has 0 saturated heterocycles. The molecule has 2 heterocycles. The van der Waals surface area contributed by atoms with E-state index in [1.807, 2.05) is 56.3 Å². The molecule has 1 amide bonds. The number of aromatic nitrogens is 1. The molecule has 2 atom stereocenters. The van der Waals surface area contributed by atoms with Crippen molar-refractivity contribution in [3.05, 3.63) is 42.6 Å². The smallest absolute Gasteiger partial charge is 0.269 e. The number of anilines is 2. The second-order valence-electron chi connectivity index (χ2n) is 5.60. The number of benzene rings is 1. The third kappa shape index (κ3) is 3.21. The van der Waals surface area contributed by atoms with Gasteiger partial charge in [0.15, 0.2) is 11.5 Å². The van der Waals surface area contributed by atoms with E-state index in [0.717, 1.165) is 5.82 Å². The van der Waals surface area contributed by atoms with Crippen molar-refractivity contribution in [2.45, 2.75) is 19.1 Å². The maximum atomic E-state index is 12.5. The number of pyridine rings is 1. The molecule has 3 rings (SSSR count). The number of carbonyl (C=O) groups excluding carboxylic acids is 1. The van der Waals surface area contributed by atoms with Gasteiger partial charge in [-0.1, -0.05) is 12.1 Å². The first-order valence-electron chi connectivity index (χ1n) is 7.41. The van der Waals surface area contributed by atoms with Crippen LogP contribution in [0.2, 0.25) is 0 Å². The van der Waals surface area contributed by atoms with Crippen LogP contribution in [0.3, 0.4) is 0 Å². The first-order chi connectivity index (χ1) is 11.0. The van der Waals surface area contributed by atoms with Crippen molar-refractivity contribution in [2.75, 3.05) is 24.3 Å². The molecule has 1 N–H and O–H groups in total. The van der Waals surface area contributed by atoms with Crippen molar-refractivity contribution < 1.29 is 14.3 Å². The fourth-order valence-corrected chi connectivity index (χ4v) is 2.34. The van der Waals surface area contributed by atoms with E-state index in [2.05, 4.69) is 10.3 Å². The predicted molar refractivity (Wildman–Crippen MR) is 88.1 cm³/mol. The summed E-state index contributed by atoms with van der Waals surface area (Å²) in [6, 6.07) is 11.0. The van der Waals surface area contributed by atoms with E-state index in [4.69, 9.17) is 9.47 Å². The summed E-state index contributed by atoms with van der Waals surface area (Å²) in [7, 11) is 3.82. The van der Waals surface area contributed by atoms with Crippen LogP contribution in [0.5, 0.6) is 11.5 Å². The average Bonchev–Trinajstić information content (AvgIpc) is 2.54. The number of hydrogen-bond acceptors (Lipinski definition) is 5. The molecule has 0 spiro atoms. The monoisotopic (exact) mass is 313 g/mol. The predicted octanol–water partition coefficient (Wildman–Crippen LogP) is 2.31. The number of para-hydroxylation sites is 2. The summed E-state index contributed by atoms with van der Waals surface area (Å²) in [5.74, 6) is 1.79. The van der Waals surface area contributed by atoms with E-state index in [1.54, 1.807) is 12.3 Å². The number of ether oxygens (including phenoxy) is 2. The highest BCUT2D eigenvalue weighted by molar-refractivity contribution is 5.95. The van der Waals surface area contributed by atoms with Gasteiger partial charge in [0, 0.05) is 14.1 Å². The van der Waals surface area contributed by atoms with Gasteiger partial charge in [0.25, 0.3) is 5.91 Å². The standard InChI is InChI=1S/C17H19N3O3/c1-11-16(23-14-7-5-4-6-13(14)22-11)17(21)19-12-8-9-15(18-10-12)20(2)3/h4-11,16H,1-3H3,(H,19,21)/t11-,16+/m0/s1. The van der Waals surface area contributed by atoms with Crippen LogP contribution in [0, 0.1) is 0 Å². The van der Waals surface area contributed by atoms with Gasteiger partial charge in [-0.15, -0.1) is 0 Å². The Bertz CT molecular complexity index is 700. The number of rotatable bonds is 3. The Morgan fingerprint density at radius 2 is 1.83 bits per heavy atom. The molecule has 6 heteroatoms. The molecule has 0 fully saturated rings.